The van der Waals surface area contributed by atoms with Crippen molar-refractivity contribution in [3.05, 3.63) is 29.6 Å². The fourth-order valence-electron chi connectivity index (χ4n) is 1.63. The van der Waals surface area contributed by atoms with Crippen molar-refractivity contribution < 1.29 is 14.7 Å². The van der Waals surface area contributed by atoms with Gasteiger partial charge in [0.05, 0.1) is 17.7 Å². The van der Waals surface area contributed by atoms with E-state index >= 15 is 0 Å². The highest BCUT2D eigenvalue weighted by molar-refractivity contribution is 5.98. The van der Waals surface area contributed by atoms with Gasteiger partial charge in [0.15, 0.2) is 0 Å². The Bertz CT molecular complexity index is 558. The van der Waals surface area contributed by atoms with Crippen LogP contribution in [-0.4, -0.2) is 46.0 Å². The molecule has 0 radical (unpaired) electrons. The molecule has 0 aliphatic carbocycles. The van der Waals surface area contributed by atoms with Crippen molar-refractivity contribution >= 4 is 11.8 Å². The molecule has 0 aliphatic rings. The third-order valence-electron chi connectivity index (χ3n) is 2.56. The summed E-state index contributed by atoms with van der Waals surface area (Å²) in [6.45, 7) is 3.12. The second-order valence-electron chi connectivity index (χ2n) is 4.37. The monoisotopic (exact) mass is 275 g/mol. The van der Waals surface area contributed by atoms with Crippen LogP contribution in [0.1, 0.15) is 29.8 Å². The van der Waals surface area contributed by atoms with Crippen molar-refractivity contribution in [2.45, 2.75) is 19.9 Å². The van der Waals surface area contributed by atoms with E-state index in [-0.39, 0.29) is 25.1 Å². The summed E-state index contributed by atoms with van der Waals surface area (Å²) >= 11 is 0. The van der Waals surface area contributed by atoms with E-state index in [1.807, 2.05) is 0 Å². The van der Waals surface area contributed by atoms with Gasteiger partial charge in [-0.2, -0.15) is 0 Å². The fourth-order valence-corrected chi connectivity index (χ4v) is 1.63. The second kappa shape index (κ2) is 7.26. The van der Waals surface area contributed by atoms with E-state index < -0.39 is 5.91 Å². The van der Waals surface area contributed by atoms with Crippen molar-refractivity contribution in [1.82, 2.24) is 9.88 Å². The minimum absolute atomic E-state index is 0.161. The van der Waals surface area contributed by atoms with Crippen molar-refractivity contribution in [2.24, 2.45) is 5.73 Å². The Labute approximate surface area is 117 Å². The van der Waals surface area contributed by atoms with E-state index in [9.17, 15) is 9.59 Å². The number of rotatable bonds is 4. The summed E-state index contributed by atoms with van der Waals surface area (Å²) < 4.78 is 0. The summed E-state index contributed by atoms with van der Waals surface area (Å²) in [6.07, 6.45) is 2.92. The number of primary amides is 1. The number of pyridine rings is 1. The predicted molar refractivity (Wildman–Crippen MR) is 73.6 cm³/mol. The van der Waals surface area contributed by atoms with Crippen LogP contribution in [0.3, 0.4) is 0 Å². The number of carbonyl (C=O) groups is 2. The lowest BCUT2D eigenvalue weighted by Crippen LogP contribution is -2.43. The molecule has 0 unspecified atom stereocenters. The van der Waals surface area contributed by atoms with Crippen LogP contribution >= 0.6 is 0 Å². The Morgan fingerprint density at radius 1 is 1.50 bits per heavy atom. The Balaban J connectivity index is 3.15. The van der Waals surface area contributed by atoms with Gasteiger partial charge in [-0.05, 0) is 19.9 Å². The lowest BCUT2D eigenvalue weighted by molar-refractivity contribution is -0.119. The van der Waals surface area contributed by atoms with Crippen molar-refractivity contribution in [3.63, 3.8) is 0 Å². The topological polar surface area (TPSA) is 96.5 Å². The van der Waals surface area contributed by atoms with Gasteiger partial charge in [-0.25, -0.2) is 0 Å². The fraction of sp³-hybridized carbons (Fsp3) is 0.357. The number of carbonyl (C=O) groups excluding carboxylic acids is 2. The molecule has 0 aromatic carbocycles. The third kappa shape index (κ3) is 4.07. The maximum absolute atomic E-state index is 12.5. The second-order valence-corrected chi connectivity index (χ2v) is 4.37. The molecule has 0 saturated heterocycles. The third-order valence-corrected chi connectivity index (χ3v) is 2.56. The lowest BCUT2D eigenvalue weighted by atomic mass is 10.1. The van der Waals surface area contributed by atoms with Crippen LogP contribution in [-0.2, 0) is 4.79 Å². The zero-order valence-electron chi connectivity index (χ0n) is 11.5. The summed E-state index contributed by atoms with van der Waals surface area (Å²) in [5.74, 6) is 4.21. The number of aromatic nitrogens is 1. The first kappa shape index (κ1) is 15.7. The van der Waals surface area contributed by atoms with E-state index in [0.717, 1.165) is 0 Å². The summed E-state index contributed by atoms with van der Waals surface area (Å²) in [4.78, 5) is 28.8. The van der Waals surface area contributed by atoms with Gasteiger partial charge in [-0.15, -0.1) is 0 Å². The quantitative estimate of drug-likeness (QED) is 0.741. The first-order valence-electron chi connectivity index (χ1n) is 6.10. The van der Waals surface area contributed by atoms with Crippen LogP contribution in [0, 0.1) is 11.8 Å². The average Bonchev–Trinajstić information content (AvgIpc) is 2.41. The molecular weight excluding hydrogens is 258 g/mol. The van der Waals surface area contributed by atoms with E-state index in [1.54, 1.807) is 13.8 Å². The smallest absolute Gasteiger partial charge is 0.255 e. The van der Waals surface area contributed by atoms with Gasteiger partial charge in [0.1, 0.15) is 6.61 Å². The molecule has 0 atom stereocenters. The van der Waals surface area contributed by atoms with Crippen LogP contribution in [0.2, 0.25) is 0 Å². The van der Waals surface area contributed by atoms with Crippen LogP contribution in [0.15, 0.2) is 18.5 Å². The van der Waals surface area contributed by atoms with E-state index in [0.29, 0.717) is 11.1 Å². The highest BCUT2D eigenvalue weighted by Crippen LogP contribution is 2.12. The molecule has 1 aromatic rings. The maximum atomic E-state index is 12.5. The van der Waals surface area contributed by atoms with Crippen molar-refractivity contribution in [1.29, 1.82) is 0 Å². The molecule has 6 heteroatoms. The number of amides is 2. The molecule has 1 aromatic heterocycles. The van der Waals surface area contributed by atoms with Crippen LogP contribution < -0.4 is 5.73 Å². The minimum Gasteiger partial charge on any atom is -0.384 e. The molecule has 0 aliphatic heterocycles. The average molecular weight is 275 g/mol. The number of nitrogens with two attached hydrogens (primary N) is 1. The van der Waals surface area contributed by atoms with Crippen LogP contribution in [0.5, 0.6) is 0 Å². The van der Waals surface area contributed by atoms with Gasteiger partial charge >= 0.3 is 0 Å². The Kier molecular flexibility index (Phi) is 5.69. The lowest BCUT2D eigenvalue weighted by Gasteiger charge is -2.25. The Morgan fingerprint density at radius 2 is 2.20 bits per heavy atom. The SMILES string of the molecule is CC(C)N(CC(N)=O)C(=O)c1ccncc1C#CCO. The first-order valence-corrected chi connectivity index (χ1v) is 6.10. The highest BCUT2D eigenvalue weighted by atomic mass is 16.2. The van der Waals surface area contributed by atoms with Crippen molar-refractivity contribution in [2.75, 3.05) is 13.2 Å². The summed E-state index contributed by atoms with van der Waals surface area (Å²) in [5.41, 5.74) is 5.89. The molecule has 0 fully saturated rings. The summed E-state index contributed by atoms with van der Waals surface area (Å²) in [7, 11) is 0. The van der Waals surface area contributed by atoms with Crippen LogP contribution in [0.4, 0.5) is 0 Å². The number of aliphatic hydroxyl groups is 1. The molecule has 3 N–H and O–H groups in total. The molecule has 0 saturated carbocycles. The minimum atomic E-state index is -0.580. The zero-order valence-corrected chi connectivity index (χ0v) is 11.5. The molecule has 0 bridgehead atoms. The van der Waals surface area contributed by atoms with Gasteiger partial charge in [0.25, 0.3) is 5.91 Å². The molecule has 1 rings (SSSR count). The van der Waals surface area contributed by atoms with Gasteiger partial charge in [0, 0.05) is 18.4 Å². The largest absolute Gasteiger partial charge is 0.384 e. The number of aliphatic hydroxyl groups excluding tert-OH is 1. The predicted octanol–water partition coefficient (Wildman–Crippen LogP) is -0.239. The van der Waals surface area contributed by atoms with Gasteiger partial charge < -0.3 is 15.7 Å². The van der Waals surface area contributed by atoms with Gasteiger partial charge in [0.2, 0.25) is 5.91 Å². The zero-order chi connectivity index (χ0) is 15.1. The molecule has 106 valence electrons. The standard InChI is InChI=1S/C14H17N3O3/c1-10(2)17(9-13(15)19)14(20)12-5-6-16-8-11(12)4-3-7-18/h5-6,8,10,18H,7,9H2,1-2H3,(H2,15,19). The normalized spacial score (nSPS) is 9.80. The molecule has 2 amide bonds. The number of hydrogen-bond acceptors (Lipinski definition) is 4. The van der Waals surface area contributed by atoms with Crippen molar-refractivity contribution in [3.8, 4) is 11.8 Å². The van der Waals surface area contributed by atoms with E-state index in [2.05, 4.69) is 16.8 Å². The molecule has 1 heterocycles. The van der Waals surface area contributed by atoms with Gasteiger partial charge in [-0.3, -0.25) is 14.6 Å². The maximum Gasteiger partial charge on any atom is 0.255 e. The molecule has 6 nitrogen and oxygen atoms in total. The van der Waals surface area contributed by atoms with Crippen LogP contribution in [0.25, 0.3) is 0 Å². The van der Waals surface area contributed by atoms with Gasteiger partial charge in [-0.1, -0.05) is 11.8 Å². The van der Waals surface area contributed by atoms with E-state index in [4.69, 9.17) is 10.8 Å². The summed E-state index contributed by atoms with van der Waals surface area (Å²) in [5, 5.41) is 8.72. The first-order chi connectivity index (χ1) is 9.47. The molecule has 0 spiro atoms. The Hall–Kier alpha value is -2.39. The number of hydrogen-bond donors (Lipinski definition) is 2. The number of nitrogens with zero attached hydrogens (tertiary/aromatic N) is 2. The summed E-state index contributed by atoms with van der Waals surface area (Å²) in [6, 6.07) is 1.35. The highest BCUT2D eigenvalue weighted by Gasteiger charge is 2.22. The van der Waals surface area contributed by atoms with E-state index in [1.165, 1.54) is 23.4 Å². The molecule has 20 heavy (non-hydrogen) atoms. The Morgan fingerprint density at radius 3 is 2.75 bits per heavy atom. The molecular formula is C14H17N3O3.